The van der Waals surface area contributed by atoms with Crippen molar-refractivity contribution in [2.75, 3.05) is 6.54 Å². The van der Waals surface area contributed by atoms with Crippen LogP contribution in [0.5, 0.6) is 0 Å². The van der Waals surface area contributed by atoms with Crippen molar-refractivity contribution in [1.29, 1.82) is 0 Å². The standard InChI is InChI=1S/C10H18N2O2/c1-6-12-8(14)9(2,3)11-7(13)10(12,4)5/h6H2,1-5H3,(H,11,13). The third kappa shape index (κ3) is 1.38. The Hall–Kier alpha value is -1.06. The van der Waals surface area contributed by atoms with E-state index in [0.29, 0.717) is 6.54 Å². The third-order valence-corrected chi connectivity index (χ3v) is 2.75. The lowest BCUT2D eigenvalue weighted by Gasteiger charge is -2.47. The van der Waals surface area contributed by atoms with Crippen LogP contribution in [0.2, 0.25) is 0 Å². The summed E-state index contributed by atoms with van der Waals surface area (Å²) >= 11 is 0. The Bertz CT molecular complexity index is 282. The van der Waals surface area contributed by atoms with E-state index in [1.165, 1.54) is 0 Å². The van der Waals surface area contributed by atoms with Gasteiger partial charge in [-0.25, -0.2) is 0 Å². The maximum atomic E-state index is 12.0. The van der Waals surface area contributed by atoms with Crippen molar-refractivity contribution in [2.45, 2.75) is 45.7 Å². The molecule has 1 fully saturated rings. The number of likely N-dealkylation sites (N-methyl/N-ethyl adjacent to an activating group) is 1. The van der Waals surface area contributed by atoms with E-state index in [1.807, 2.05) is 6.92 Å². The van der Waals surface area contributed by atoms with Crippen LogP contribution in [0, 0.1) is 0 Å². The Kier molecular flexibility index (Phi) is 2.34. The highest BCUT2D eigenvalue weighted by molar-refractivity contribution is 6.01. The second kappa shape index (κ2) is 2.97. The van der Waals surface area contributed by atoms with Crippen molar-refractivity contribution in [3.05, 3.63) is 0 Å². The molecule has 1 rings (SSSR count). The van der Waals surface area contributed by atoms with Crippen molar-refractivity contribution < 1.29 is 9.59 Å². The molecule has 0 spiro atoms. The molecular formula is C10H18N2O2. The Morgan fingerprint density at radius 3 is 2.14 bits per heavy atom. The number of nitrogens with zero attached hydrogens (tertiary/aromatic N) is 1. The summed E-state index contributed by atoms with van der Waals surface area (Å²) in [6.45, 7) is 9.42. The highest BCUT2D eigenvalue weighted by atomic mass is 16.2. The average molecular weight is 198 g/mol. The van der Waals surface area contributed by atoms with Crippen LogP contribution in [0.1, 0.15) is 34.6 Å². The SMILES string of the molecule is CCN1C(=O)C(C)(C)NC(=O)C1(C)C. The van der Waals surface area contributed by atoms with Gasteiger partial charge in [-0.2, -0.15) is 0 Å². The molecular weight excluding hydrogens is 180 g/mol. The summed E-state index contributed by atoms with van der Waals surface area (Å²) in [7, 11) is 0. The summed E-state index contributed by atoms with van der Waals surface area (Å²) in [6, 6.07) is 0. The van der Waals surface area contributed by atoms with E-state index >= 15 is 0 Å². The minimum absolute atomic E-state index is 0.0235. The van der Waals surface area contributed by atoms with Gasteiger partial charge in [0.05, 0.1) is 0 Å². The zero-order chi connectivity index (χ0) is 11.1. The highest BCUT2D eigenvalue weighted by Crippen LogP contribution is 2.25. The number of hydrogen-bond acceptors (Lipinski definition) is 2. The summed E-state index contributed by atoms with van der Waals surface area (Å²) in [5.41, 5.74) is -1.51. The Morgan fingerprint density at radius 2 is 1.71 bits per heavy atom. The fraction of sp³-hybridized carbons (Fsp3) is 0.800. The van der Waals surface area contributed by atoms with Gasteiger partial charge < -0.3 is 10.2 Å². The second-order valence-corrected chi connectivity index (χ2v) is 4.69. The van der Waals surface area contributed by atoms with Crippen LogP contribution in [-0.4, -0.2) is 34.3 Å². The highest BCUT2D eigenvalue weighted by Gasteiger charge is 2.49. The van der Waals surface area contributed by atoms with Gasteiger partial charge in [-0.05, 0) is 34.6 Å². The molecule has 1 N–H and O–H groups in total. The first-order valence-corrected chi connectivity index (χ1v) is 4.88. The van der Waals surface area contributed by atoms with Gasteiger partial charge >= 0.3 is 0 Å². The van der Waals surface area contributed by atoms with E-state index in [4.69, 9.17) is 0 Å². The third-order valence-electron chi connectivity index (χ3n) is 2.75. The summed E-state index contributed by atoms with van der Waals surface area (Å²) in [5.74, 6) is -0.117. The number of hydrogen-bond donors (Lipinski definition) is 1. The topological polar surface area (TPSA) is 49.4 Å². The van der Waals surface area contributed by atoms with Crippen molar-refractivity contribution in [1.82, 2.24) is 10.2 Å². The lowest BCUT2D eigenvalue weighted by molar-refractivity contribution is -0.159. The lowest BCUT2D eigenvalue weighted by Crippen LogP contribution is -2.72. The van der Waals surface area contributed by atoms with E-state index in [0.717, 1.165) is 0 Å². The van der Waals surface area contributed by atoms with Gasteiger partial charge in [-0.1, -0.05) is 0 Å². The molecule has 4 heteroatoms. The van der Waals surface area contributed by atoms with Crippen LogP contribution in [0.15, 0.2) is 0 Å². The first-order chi connectivity index (χ1) is 6.23. The summed E-state index contributed by atoms with van der Waals surface area (Å²) in [6.07, 6.45) is 0. The Balaban J connectivity index is 3.10. The molecule has 0 aromatic rings. The monoisotopic (exact) mass is 198 g/mol. The van der Waals surface area contributed by atoms with E-state index < -0.39 is 11.1 Å². The smallest absolute Gasteiger partial charge is 0.248 e. The lowest BCUT2D eigenvalue weighted by atomic mass is 9.90. The largest absolute Gasteiger partial charge is 0.340 e. The molecule has 0 unspecified atom stereocenters. The molecule has 80 valence electrons. The molecule has 1 saturated heterocycles. The van der Waals surface area contributed by atoms with Crippen molar-refractivity contribution >= 4 is 11.8 Å². The maximum absolute atomic E-state index is 12.0. The number of rotatable bonds is 1. The van der Waals surface area contributed by atoms with Crippen LogP contribution >= 0.6 is 0 Å². The van der Waals surface area contributed by atoms with E-state index in [2.05, 4.69) is 5.32 Å². The summed E-state index contributed by atoms with van der Waals surface area (Å²) in [4.78, 5) is 25.3. The number of carbonyl (C=O) groups is 2. The maximum Gasteiger partial charge on any atom is 0.248 e. The molecule has 0 atom stereocenters. The quantitative estimate of drug-likeness (QED) is 0.668. The Labute approximate surface area is 84.7 Å². The van der Waals surface area contributed by atoms with Crippen molar-refractivity contribution in [3.63, 3.8) is 0 Å². The molecule has 0 saturated carbocycles. The van der Waals surface area contributed by atoms with Crippen LogP contribution in [0.3, 0.4) is 0 Å². The summed E-state index contributed by atoms with van der Waals surface area (Å²) in [5, 5.41) is 2.73. The summed E-state index contributed by atoms with van der Waals surface area (Å²) < 4.78 is 0. The molecule has 1 aliphatic rings. The fourth-order valence-corrected chi connectivity index (χ4v) is 1.74. The van der Waals surface area contributed by atoms with Crippen LogP contribution in [0.25, 0.3) is 0 Å². The predicted molar refractivity (Wildman–Crippen MR) is 53.7 cm³/mol. The molecule has 0 aliphatic carbocycles. The fourth-order valence-electron chi connectivity index (χ4n) is 1.74. The Morgan fingerprint density at radius 1 is 1.21 bits per heavy atom. The van der Waals surface area contributed by atoms with Gasteiger partial charge in [0.2, 0.25) is 11.8 Å². The minimum atomic E-state index is -0.775. The zero-order valence-corrected chi connectivity index (χ0v) is 9.47. The van der Waals surface area contributed by atoms with Gasteiger partial charge in [-0.3, -0.25) is 9.59 Å². The average Bonchev–Trinajstić information content (AvgIpc) is 2.02. The van der Waals surface area contributed by atoms with Gasteiger partial charge in [-0.15, -0.1) is 0 Å². The first kappa shape index (κ1) is 11.0. The van der Waals surface area contributed by atoms with Gasteiger partial charge in [0.25, 0.3) is 0 Å². The van der Waals surface area contributed by atoms with E-state index in [9.17, 15) is 9.59 Å². The molecule has 14 heavy (non-hydrogen) atoms. The number of carbonyl (C=O) groups excluding carboxylic acids is 2. The van der Waals surface area contributed by atoms with E-state index in [-0.39, 0.29) is 11.8 Å². The predicted octanol–water partition coefficient (Wildman–Crippen LogP) is 0.522. The molecule has 0 aromatic heterocycles. The van der Waals surface area contributed by atoms with Crippen LogP contribution in [0.4, 0.5) is 0 Å². The van der Waals surface area contributed by atoms with Gasteiger partial charge in [0.15, 0.2) is 0 Å². The molecule has 1 heterocycles. The molecule has 0 aromatic carbocycles. The second-order valence-electron chi connectivity index (χ2n) is 4.69. The molecule has 2 amide bonds. The number of nitrogens with one attached hydrogen (secondary N) is 1. The van der Waals surface area contributed by atoms with Crippen LogP contribution < -0.4 is 5.32 Å². The minimum Gasteiger partial charge on any atom is -0.340 e. The first-order valence-electron chi connectivity index (χ1n) is 4.88. The number of piperazine rings is 1. The number of amides is 2. The van der Waals surface area contributed by atoms with E-state index in [1.54, 1.807) is 32.6 Å². The van der Waals surface area contributed by atoms with Gasteiger partial charge in [0.1, 0.15) is 11.1 Å². The molecule has 0 radical (unpaired) electrons. The molecule has 1 aliphatic heterocycles. The van der Waals surface area contributed by atoms with Gasteiger partial charge in [0, 0.05) is 6.54 Å². The van der Waals surface area contributed by atoms with Crippen LogP contribution in [-0.2, 0) is 9.59 Å². The zero-order valence-electron chi connectivity index (χ0n) is 9.47. The normalized spacial score (nSPS) is 24.8. The molecule has 4 nitrogen and oxygen atoms in total. The van der Waals surface area contributed by atoms with Crippen molar-refractivity contribution in [3.8, 4) is 0 Å². The van der Waals surface area contributed by atoms with Crippen molar-refractivity contribution in [2.24, 2.45) is 0 Å². The molecule has 0 bridgehead atoms.